The smallest absolute Gasteiger partial charge is 0.137 e. The molecule has 0 atom stereocenters. The molecule has 0 saturated heterocycles. The van der Waals surface area contributed by atoms with Gasteiger partial charge in [-0.1, -0.05) is 105 Å². The quantitative estimate of drug-likeness (QED) is 0.192. The summed E-state index contributed by atoms with van der Waals surface area (Å²) in [5.41, 5.74) is 11.6. The van der Waals surface area contributed by atoms with E-state index in [9.17, 15) is 0 Å². The molecule has 2 nitrogen and oxygen atoms in total. The summed E-state index contributed by atoms with van der Waals surface area (Å²) in [5.74, 6) is 0. The van der Waals surface area contributed by atoms with Gasteiger partial charge in [-0.3, -0.25) is 0 Å². The van der Waals surface area contributed by atoms with E-state index < -0.39 is 0 Å². The summed E-state index contributed by atoms with van der Waals surface area (Å²) in [6, 6.07) is 54.6. The topological polar surface area (TPSA) is 16.4 Å². The number of furan rings is 1. The number of fused-ring (bicyclic) bond motifs is 10. The first-order valence-corrected chi connectivity index (χ1v) is 17.3. The first-order chi connectivity index (χ1) is 23.6. The molecular weight excluding hydrogens is 603 g/mol. The summed E-state index contributed by atoms with van der Waals surface area (Å²) in [6.45, 7) is 4.76. The van der Waals surface area contributed by atoms with Gasteiger partial charge in [0.05, 0.1) is 0 Å². The molecular formula is C45H31NOS. The van der Waals surface area contributed by atoms with Crippen LogP contribution >= 0.6 is 11.3 Å². The second-order valence-corrected chi connectivity index (χ2v) is 14.4. The van der Waals surface area contributed by atoms with Gasteiger partial charge < -0.3 is 9.32 Å². The zero-order valence-electron chi connectivity index (χ0n) is 26.7. The molecule has 2 aromatic heterocycles. The number of nitrogens with zero attached hydrogens (tertiary/aromatic N) is 1. The van der Waals surface area contributed by atoms with E-state index in [1.54, 1.807) is 0 Å². The van der Waals surface area contributed by atoms with Gasteiger partial charge in [-0.05, 0) is 98.6 Å². The molecule has 10 rings (SSSR count). The summed E-state index contributed by atoms with van der Waals surface area (Å²) in [7, 11) is 0. The molecule has 7 aromatic carbocycles. The van der Waals surface area contributed by atoms with Crippen molar-refractivity contribution in [3.05, 3.63) is 163 Å². The van der Waals surface area contributed by atoms with Crippen molar-refractivity contribution in [2.75, 3.05) is 4.90 Å². The molecule has 0 bridgehead atoms. The predicted octanol–water partition coefficient (Wildman–Crippen LogP) is 13.4. The third-order valence-electron chi connectivity index (χ3n) is 10.2. The van der Waals surface area contributed by atoms with Gasteiger partial charge in [-0.15, -0.1) is 11.3 Å². The van der Waals surface area contributed by atoms with Crippen LogP contribution in [0.1, 0.15) is 25.0 Å². The molecule has 0 radical (unpaired) electrons. The fourth-order valence-corrected chi connectivity index (χ4v) is 9.43. The number of hydrogen-bond acceptors (Lipinski definition) is 3. The summed E-state index contributed by atoms with van der Waals surface area (Å²) >= 11 is 1.92. The molecule has 228 valence electrons. The van der Waals surface area contributed by atoms with Crippen molar-refractivity contribution in [3.8, 4) is 21.6 Å². The van der Waals surface area contributed by atoms with Gasteiger partial charge in [0.15, 0.2) is 0 Å². The molecule has 0 aliphatic heterocycles. The molecule has 0 N–H and O–H groups in total. The average molecular weight is 634 g/mol. The number of rotatable bonds is 4. The van der Waals surface area contributed by atoms with Crippen LogP contribution in [0.15, 0.2) is 156 Å². The summed E-state index contributed by atoms with van der Waals surface area (Å²) < 4.78 is 8.15. The summed E-state index contributed by atoms with van der Waals surface area (Å²) in [6.07, 6.45) is 0. The van der Waals surface area contributed by atoms with Gasteiger partial charge in [-0.2, -0.15) is 0 Å². The average Bonchev–Trinajstić information content (AvgIpc) is 3.77. The maximum atomic E-state index is 6.78. The number of benzene rings is 7. The van der Waals surface area contributed by atoms with E-state index >= 15 is 0 Å². The SMILES string of the molecule is CC1(C)c2cc(-c3cc4oc5cc(N(c6ccccc6)c6ccccc6)ccc5c4c4ccccc34)ccc2-c2sc3ccccc3c21. The molecule has 0 fully saturated rings. The van der Waals surface area contributed by atoms with Crippen LogP contribution < -0.4 is 4.90 Å². The zero-order valence-corrected chi connectivity index (χ0v) is 27.5. The van der Waals surface area contributed by atoms with E-state index in [2.05, 4.69) is 170 Å². The molecule has 0 unspecified atom stereocenters. The van der Waals surface area contributed by atoms with Crippen LogP contribution in [0.25, 0.3) is 64.4 Å². The Bertz CT molecular complexity index is 2660. The minimum Gasteiger partial charge on any atom is -0.456 e. The van der Waals surface area contributed by atoms with E-state index in [1.807, 2.05) is 11.3 Å². The molecule has 3 heteroatoms. The van der Waals surface area contributed by atoms with Crippen LogP contribution in [0.4, 0.5) is 17.1 Å². The van der Waals surface area contributed by atoms with Crippen molar-refractivity contribution < 1.29 is 4.42 Å². The van der Waals surface area contributed by atoms with E-state index in [0.29, 0.717) is 0 Å². The third-order valence-corrected chi connectivity index (χ3v) is 11.4. The highest BCUT2D eigenvalue weighted by Crippen LogP contribution is 2.56. The Kier molecular flexibility index (Phi) is 5.82. The van der Waals surface area contributed by atoms with E-state index in [-0.39, 0.29) is 5.41 Å². The lowest BCUT2D eigenvalue weighted by Crippen LogP contribution is -2.15. The lowest BCUT2D eigenvalue weighted by molar-refractivity contribution is 0.667. The Morgan fingerprint density at radius 3 is 1.94 bits per heavy atom. The molecule has 1 aliphatic rings. The van der Waals surface area contributed by atoms with Gasteiger partial charge in [0, 0.05) is 48.9 Å². The Labute approximate surface area is 283 Å². The lowest BCUT2D eigenvalue weighted by Gasteiger charge is -2.25. The van der Waals surface area contributed by atoms with Crippen molar-refractivity contribution in [3.63, 3.8) is 0 Å². The molecule has 9 aromatic rings. The Morgan fingerprint density at radius 1 is 0.521 bits per heavy atom. The minimum absolute atomic E-state index is 0.0840. The molecule has 0 amide bonds. The lowest BCUT2D eigenvalue weighted by atomic mass is 9.80. The largest absolute Gasteiger partial charge is 0.456 e. The highest BCUT2D eigenvalue weighted by atomic mass is 32.1. The predicted molar refractivity (Wildman–Crippen MR) is 204 cm³/mol. The van der Waals surface area contributed by atoms with Crippen molar-refractivity contribution in [1.82, 2.24) is 0 Å². The maximum absolute atomic E-state index is 6.78. The second kappa shape index (κ2) is 10.2. The molecule has 48 heavy (non-hydrogen) atoms. The Hall–Kier alpha value is -5.64. The maximum Gasteiger partial charge on any atom is 0.137 e. The Morgan fingerprint density at radius 2 is 1.19 bits per heavy atom. The number of anilines is 3. The second-order valence-electron chi connectivity index (χ2n) is 13.3. The van der Waals surface area contributed by atoms with E-state index in [0.717, 1.165) is 39.0 Å². The number of para-hydroxylation sites is 2. The van der Waals surface area contributed by atoms with Crippen LogP contribution in [0.3, 0.4) is 0 Å². The zero-order chi connectivity index (χ0) is 32.0. The van der Waals surface area contributed by atoms with Gasteiger partial charge in [0.2, 0.25) is 0 Å². The summed E-state index contributed by atoms with van der Waals surface area (Å²) in [5, 5.41) is 6.13. The van der Waals surface area contributed by atoms with Crippen LogP contribution in [-0.4, -0.2) is 0 Å². The van der Waals surface area contributed by atoms with Gasteiger partial charge >= 0.3 is 0 Å². The highest BCUT2D eigenvalue weighted by Gasteiger charge is 2.39. The standard InChI is InChI=1S/C45H31NOS/c1-45(2)38-25-28(21-23-34(38)44-43(45)36-19-11-12-20-41(36)48-44)37-27-40-42(33-18-10-9-17-32(33)37)35-24-22-31(26-39(35)47-40)46(29-13-5-3-6-14-29)30-15-7-4-8-16-30/h3-27H,1-2H3. The fourth-order valence-electron chi connectivity index (χ4n) is 8.02. The fraction of sp³-hybridized carbons (Fsp3) is 0.0667. The van der Waals surface area contributed by atoms with E-state index in [1.165, 1.54) is 53.6 Å². The van der Waals surface area contributed by atoms with Gasteiger partial charge in [-0.25, -0.2) is 0 Å². The third kappa shape index (κ3) is 3.92. The minimum atomic E-state index is -0.0840. The van der Waals surface area contributed by atoms with Crippen LogP contribution in [0.2, 0.25) is 0 Å². The van der Waals surface area contributed by atoms with Crippen LogP contribution in [-0.2, 0) is 5.41 Å². The first-order valence-electron chi connectivity index (χ1n) is 16.5. The van der Waals surface area contributed by atoms with Gasteiger partial charge in [0.1, 0.15) is 11.2 Å². The van der Waals surface area contributed by atoms with Crippen LogP contribution in [0.5, 0.6) is 0 Å². The molecule has 0 spiro atoms. The number of hydrogen-bond donors (Lipinski definition) is 0. The summed E-state index contributed by atoms with van der Waals surface area (Å²) in [4.78, 5) is 3.70. The molecule has 2 heterocycles. The van der Waals surface area contributed by atoms with Crippen molar-refractivity contribution in [2.45, 2.75) is 19.3 Å². The first kappa shape index (κ1) is 27.5. The molecule has 1 aliphatic carbocycles. The van der Waals surface area contributed by atoms with E-state index in [4.69, 9.17) is 4.42 Å². The van der Waals surface area contributed by atoms with Crippen molar-refractivity contribution in [2.24, 2.45) is 0 Å². The van der Waals surface area contributed by atoms with Gasteiger partial charge in [0.25, 0.3) is 0 Å². The highest BCUT2D eigenvalue weighted by molar-refractivity contribution is 7.22. The van der Waals surface area contributed by atoms with Crippen molar-refractivity contribution in [1.29, 1.82) is 0 Å². The Balaban J connectivity index is 1.15. The molecule has 0 saturated carbocycles. The monoisotopic (exact) mass is 633 g/mol. The van der Waals surface area contributed by atoms with Crippen LogP contribution in [0, 0.1) is 0 Å². The van der Waals surface area contributed by atoms with Crippen molar-refractivity contribution >= 4 is 71.2 Å². The normalized spacial score (nSPS) is 13.4. The number of thiophene rings is 1.